The zero-order valence-corrected chi connectivity index (χ0v) is 15.7. The Kier molecular flexibility index (Phi) is 5.27. The lowest BCUT2D eigenvalue weighted by molar-refractivity contribution is 0.189. The Hall–Kier alpha value is -2.57. The van der Waals surface area contributed by atoms with Crippen molar-refractivity contribution in [3.05, 3.63) is 65.4 Å². The maximum Gasteiger partial charge on any atom is 0.334 e. The van der Waals surface area contributed by atoms with E-state index < -0.39 is 0 Å². The molecule has 0 aliphatic carbocycles. The van der Waals surface area contributed by atoms with E-state index in [-0.39, 0.29) is 12.1 Å². The van der Waals surface area contributed by atoms with Crippen molar-refractivity contribution in [1.29, 1.82) is 0 Å². The molecule has 7 heteroatoms. The number of carbonyl (C=O) groups excluding carboxylic acids is 1. The van der Waals surface area contributed by atoms with Crippen LogP contribution < -0.4 is 10.7 Å². The number of carbonyl (C=O) groups is 1. The summed E-state index contributed by atoms with van der Waals surface area (Å²) in [5.74, 6) is 0. The number of hydrogen-bond acceptors (Lipinski definition) is 3. The number of rotatable bonds is 4. The summed E-state index contributed by atoms with van der Waals surface area (Å²) in [6, 6.07) is 15.7. The van der Waals surface area contributed by atoms with Crippen LogP contribution in [0.3, 0.4) is 0 Å². The van der Waals surface area contributed by atoms with E-state index in [1.54, 1.807) is 11.0 Å². The van der Waals surface area contributed by atoms with Gasteiger partial charge in [0.15, 0.2) is 0 Å². The highest BCUT2D eigenvalue weighted by molar-refractivity contribution is 6.30. The Labute approximate surface area is 163 Å². The predicted molar refractivity (Wildman–Crippen MR) is 107 cm³/mol. The molecule has 0 radical (unpaired) electrons. The minimum atomic E-state index is -0.200. The van der Waals surface area contributed by atoms with Crippen molar-refractivity contribution in [2.75, 3.05) is 18.5 Å². The number of para-hydroxylation sites is 2. The van der Waals surface area contributed by atoms with Gasteiger partial charge in [-0.05, 0) is 42.7 Å². The third-order valence-electron chi connectivity index (χ3n) is 4.92. The average Bonchev–Trinajstić information content (AvgIpc) is 3.08. The molecule has 27 heavy (non-hydrogen) atoms. The monoisotopic (exact) mass is 383 g/mol. The Morgan fingerprint density at radius 2 is 1.85 bits per heavy atom. The molecular weight excluding hydrogens is 362 g/mol. The number of nitrogens with one attached hydrogen (secondary N) is 2. The SMILES string of the molecule is O=C(NC1CCN(Cc2ccc(Cl)cc2)CC1)Nn1cnc2ccccc21. The maximum absolute atomic E-state index is 12.3. The Bertz CT molecular complexity index is 916. The summed E-state index contributed by atoms with van der Waals surface area (Å²) in [7, 11) is 0. The first-order valence-corrected chi connectivity index (χ1v) is 9.51. The number of aromatic nitrogens is 2. The van der Waals surface area contributed by atoms with Gasteiger partial charge in [0.2, 0.25) is 0 Å². The van der Waals surface area contributed by atoms with Gasteiger partial charge >= 0.3 is 6.03 Å². The van der Waals surface area contributed by atoms with Gasteiger partial charge < -0.3 is 5.32 Å². The Morgan fingerprint density at radius 3 is 2.63 bits per heavy atom. The van der Waals surface area contributed by atoms with Crippen LogP contribution in [-0.2, 0) is 6.54 Å². The number of hydrogen-bond donors (Lipinski definition) is 2. The third kappa shape index (κ3) is 4.40. The smallest absolute Gasteiger partial charge is 0.334 e. The van der Waals surface area contributed by atoms with Crippen molar-refractivity contribution in [3.8, 4) is 0 Å². The number of piperidine rings is 1. The second-order valence-electron chi connectivity index (χ2n) is 6.87. The zero-order valence-electron chi connectivity index (χ0n) is 14.9. The molecule has 1 fully saturated rings. The van der Waals surface area contributed by atoms with Gasteiger partial charge in [-0.25, -0.2) is 19.9 Å². The molecular formula is C20H22ClN5O. The van der Waals surface area contributed by atoms with Crippen LogP contribution >= 0.6 is 11.6 Å². The van der Waals surface area contributed by atoms with E-state index in [1.807, 2.05) is 36.4 Å². The number of fused-ring (bicyclic) bond motifs is 1. The van der Waals surface area contributed by atoms with Crippen LogP contribution in [-0.4, -0.2) is 39.7 Å². The van der Waals surface area contributed by atoms with Crippen molar-refractivity contribution < 1.29 is 4.79 Å². The van der Waals surface area contributed by atoms with Gasteiger partial charge in [0, 0.05) is 30.7 Å². The van der Waals surface area contributed by atoms with Gasteiger partial charge in [-0.1, -0.05) is 35.9 Å². The molecule has 2 heterocycles. The van der Waals surface area contributed by atoms with Gasteiger partial charge in [0.25, 0.3) is 0 Å². The molecule has 0 bridgehead atoms. The molecule has 1 aromatic heterocycles. The van der Waals surface area contributed by atoms with E-state index in [4.69, 9.17) is 11.6 Å². The van der Waals surface area contributed by atoms with Crippen molar-refractivity contribution in [2.24, 2.45) is 0 Å². The van der Waals surface area contributed by atoms with Gasteiger partial charge in [0.05, 0.1) is 11.0 Å². The minimum Gasteiger partial charge on any atom is -0.334 e. The molecule has 2 amide bonds. The van der Waals surface area contributed by atoms with E-state index in [9.17, 15) is 4.79 Å². The third-order valence-corrected chi connectivity index (χ3v) is 5.17. The quantitative estimate of drug-likeness (QED) is 0.723. The highest BCUT2D eigenvalue weighted by atomic mass is 35.5. The summed E-state index contributed by atoms with van der Waals surface area (Å²) in [5, 5.41) is 3.83. The standard InChI is InChI=1S/C20H22ClN5O/c21-16-7-5-15(6-8-16)13-25-11-9-17(10-12-25)23-20(27)24-26-14-22-18-3-1-2-4-19(18)26/h1-8,14,17H,9-13H2,(H2,23,24,27). The molecule has 2 N–H and O–H groups in total. The van der Waals surface area contributed by atoms with Crippen molar-refractivity contribution in [2.45, 2.75) is 25.4 Å². The second-order valence-corrected chi connectivity index (χ2v) is 7.30. The molecule has 0 spiro atoms. The molecule has 0 atom stereocenters. The van der Waals surface area contributed by atoms with Crippen molar-refractivity contribution in [1.82, 2.24) is 19.9 Å². The fourth-order valence-electron chi connectivity index (χ4n) is 3.46. The fraction of sp³-hybridized carbons (Fsp3) is 0.300. The van der Waals surface area contributed by atoms with Crippen LogP contribution in [0.15, 0.2) is 54.9 Å². The van der Waals surface area contributed by atoms with Crippen LogP contribution in [0.5, 0.6) is 0 Å². The van der Waals surface area contributed by atoms with Crippen molar-refractivity contribution >= 4 is 28.7 Å². The van der Waals surface area contributed by atoms with Gasteiger partial charge in [-0.3, -0.25) is 4.90 Å². The molecule has 2 aromatic carbocycles. The predicted octanol–water partition coefficient (Wildman–Crippen LogP) is 3.61. The molecule has 1 saturated heterocycles. The molecule has 0 unspecified atom stereocenters. The maximum atomic E-state index is 12.3. The topological polar surface area (TPSA) is 62.2 Å². The molecule has 1 aliphatic heterocycles. The number of imidazole rings is 1. The second kappa shape index (κ2) is 7.98. The van der Waals surface area contributed by atoms with E-state index in [1.165, 1.54) is 5.56 Å². The summed E-state index contributed by atoms with van der Waals surface area (Å²) >= 11 is 5.94. The number of nitrogens with zero attached hydrogens (tertiary/aromatic N) is 3. The summed E-state index contributed by atoms with van der Waals surface area (Å²) in [5.41, 5.74) is 5.84. The summed E-state index contributed by atoms with van der Waals surface area (Å²) < 4.78 is 1.65. The summed E-state index contributed by atoms with van der Waals surface area (Å²) in [6.45, 7) is 2.83. The summed E-state index contributed by atoms with van der Waals surface area (Å²) in [4.78, 5) is 19.0. The molecule has 1 aliphatic rings. The van der Waals surface area contributed by atoms with Crippen LogP contribution in [0.4, 0.5) is 4.79 Å². The normalized spacial score (nSPS) is 15.7. The number of halogens is 1. The number of urea groups is 1. The molecule has 140 valence electrons. The summed E-state index contributed by atoms with van der Waals surface area (Å²) in [6.07, 6.45) is 3.50. The fourth-order valence-corrected chi connectivity index (χ4v) is 3.58. The molecule has 6 nitrogen and oxygen atoms in total. The van der Waals surface area contributed by atoms with Crippen LogP contribution in [0.1, 0.15) is 18.4 Å². The molecule has 3 aromatic rings. The highest BCUT2D eigenvalue weighted by Gasteiger charge is 2.21. The first-order chi connectivity index (χ1) is 13.2. The van der Waals surface area contributed by atoms with Crippen LogP contribution in [0.2, 0.25) is 5.02 Å². The van der Waals surface area contributed by atoms with E-state index in [2.05, 4.69) is 32.8 Å². The minimum absolute atomic E-state index is 0.182. The number of benzene rings is 2. The number of likely N-dealkylation sites (tertiary alicyclic amines) is 1. The van der Waals surface area contributed by atoms with E-state index in [0.717, 1.165) is 48.5 Å². The largest absolute Gasteiger partial charge is 0.334 e. The van der Waals surface area contributed by atoms with Crippen molar-refractivity contribution in [3.63, 3.8) is 0 Å². The first kappa shape index (κ1) is 17.8. The Morgan fingerprint density at radius 1 is 1.11 bits per heavy atom. The average molecular weight is 384 g/mol. The van der Waals surface area contributed by atoms with E-state index in [0.29, 0.717) is 0 Å². The van der Waals surface area contributed by atoms with Gasteiger partial charge in [-0.2, -0.15) is 0 Å². The lowest BCUT2D eigenvalue weighted by Gasteiger charge is -2.32. The first-order valence-electron chi connectivity index (χ1n) is 9.14. The lowest BCUT2D eigenvalue weighted by Crippen LogP contribution is -2.46. The molecule has 0 saturated carbocycles. The number of amides is 2. The highest BCUT2D eigenvalue weighted by Crippen LogP contribution is 2.16. The Balaban J connectivity index is 1.26. The van der Waals surface area contributed by atoms with Gasteiger partial charge in [0.1, 0.15) is 6.33 Å². The van der Waals surface area contributed by atoms with Crippen LogP contribution in [0, 0.1) is 0 Å². The van der Waals surface area contributed by atoms with Gasteiger partial charge in [-0.15, -0.1) is 0 Å². The zero-order chi connectivity index (χ0) is 18.6. The van der Waals surface area contributed by atoms with Crippen LogP contribution in [0.25, 0.3) is 11.0 Å². The molecule has 4 rings (SSSR count). The van der Waals surface area contributed by atoms with E-state index >= 15 is 0 Å². The lowest BCUT2D eigenvalue weighted by atomic mass is 10.0.